The topological polar surface area (TPSA) is 58.2 Å². The Bertz CT molecular complexity index is 789. The number of benzene rings is 2. The van der Waals surface area contributed by atoms with Gasteiger partial charge in [-0.3, -0.25) is 9.59 Å². The van der Waals surface area contributed by atoms with Crippen LogP contribution in [0.1, 0.15) is 17.5 Å². The predicted octanol–water partition coefficient (Wildman–Crippen LogP) is 4.63. The van der Waals surface area contributed by atoms with Gasteiger partial charge in [-0.2, -0.15) is 13.2 Å². The first kappa shape index (κ1) is 18.8. The van der Waals surface area contributed by atoms with Crippen molar-refractivity contribution in [2.75, 3.05) is 10.6 Å². The van der Waals surface area contributed by atoms with Crippen LogP contribution in [0.25, 0.3) is 0 Å². The molecule has 8 heteroatoms. The van der Waals surface area contributed by atoms with Gasteiger partial charge >= 0.3 is 6.18 Å². The summed E-state index contributed by atoms with van der Waals surface area (Å²) in [6.07, 6.45) is -4.91. The Labute approximate surface area is 147 Å². The number of hydrogen-bond acceptors (Lipinski definition) is 2. The fourth-order valence-corrected chi connectivity index (χ4v) is 2.28. The van der Waals surface area contributed by atoms with Gasteiger partial charge in [-0.05, 0) is 55.0 Å². The molecular formula is C17H14ClF3N2O2. The Balaban J connectivity index is 1.92. The largest absolute Gasteiger partial charge is 0.416 e. The van der Waals surface area contributed by atoms with Gasteiger partial charge < -0.3 is 10.6 Å². The van der Waals surface area contributed by atoms with E-state index in [0.717, 1.165) is 29.8 Å². The minimum absolute atomic E-state index is 0.175. The van der Waals surface area contributed by atoms with E-state index in [1.165, 1.54) is 0 Å². The zero-order valence-corrected chi connectivity index (χ0v) is 13.8. The van der Waals surface area contributed by atoms with Crippen LogP contribution in [0.3, 0.4) is 0 Å². The molecular weight excluding hydrogens is 357 g/mol. The van der Waals surface area contributed by atoms with E-state index in [0.29, 0.717) is 10.7 Å². The molecule has 2 aromatic rings. The van der Waals surface area contributed by atoms with Crippen molar-refractivity contribution in [2.24, 2.45) is 0 Å². The summed E-state index contributed by atoms with van der Waals surface area (Å²) >= 11 is 5.82. The molecule has 0 aliphatic heterocycles. The number of alkyl halides is 3. The third-order valence-electron chi connectivity index (χ3n) is 3.28. The van der Waals surface area contributed by atoms with Crippen LogP contribution in [0.15, 0.2) is 42.5 Å². The number of nitrogens with one attached hydrogen (secondary N) is 2. The van der Waals surface area contributed by atoms with E-state index in [9.17, 15) is 22.8 Å². The molecule has 2 aromatic carbocycles. The van der Waals surface area contributed by atoms with Crippen LogP contribution >= 0.6 is 11.6 Å². The first-order valence-electron chi connectivity index (χ1n) is 7.18. The quantitative estimate of drug-likeness (QED) is 0.771. The van der Waals surface area contributed by atoms with Gasteiger partial charge in [0.05, 0.1) is 5.56 Å². The molecule has 0 bridgehead atoms. The monoisotopic (exact) mass is 370 g/mol. The second-order valence-corrected chi connectivity index (χ2v) is 5.74. The maximum Gasteiger partial charge on any atom is 0.416 e. The highest BCUT2D eigenvalue weighted by atomic mass is 35.5. The van der Waals surface area contributed by atoms with Gasteiger partial charge in [0.2, 0.25) is 11.8 Å². The highest BCUT2D eigenvalue weighted by Crippen LogP contribution is 2.29. The molecule has 0 aromatic heterocycles. The molecule has 2 amide bonds. The lowest BCUT2D eigenvalue weighted by Crippen LogP contribution is -2.21. The Morgan fingerprint density at radius 1 is 1.00 bits per heavy atom. The van der Waals surface area contributed by atoms with Crippen molar-refractivity contribution >= 4 is 34.8 Å². The first-order chi connectivity index (χ1) is 11.6. The zero-order chi connectivity index (χ0) is 18.6. The van der Waals surface area contributed by atoms with E-state index in [4.69, 9.17) is 11.6 Å². The van der Waals surface area contributed by atoms with E-state index in [1.54, 1.807) is 25.1 Å². The summed E-state index contributed by atoms with van der Waals surface area (Å²) in [6, 6.07) is 8.85. The molecule has 0 saturated carbocycles. The van der Waals surface area contributed by atoms with Crippen LogP contribution in [0.5, 0.6) is 0 Å². The Kier molecular flexibility index (Phi) is 5.69. The van der Waals surface area contributed by atoms with Crippen LogP contribution in [0.4, 0.5) is 24.5 Å². The predicted molar refractivity (Wildman–Crippen MR) is 89.5 cm³/mol. The van der Waals surface area contributed by atoms with E-state index in [-0.39, 0.29) is 5.69 Å². The SMILES string of the molecule is Cc1cc(Cl)ccc1NC(=O)CC(=O)Nc1ccc(C(F)(F)F)cc1. The molecule has 2 rings (SSSR count). The van der Waals surface area contributed by atoms with Crippen molar-refractivity contribution in [3.05, 3.63) is 58.6 Å². The molecule has 0 spiro atoms. The second kappa shape index (κ2) is 7.57. The third-order valence-corrected chi connectivity index (χ3v) is 3.51. The van der Waals surface area contributed by atoms with Crippen LogP contribution in [0.2, 0.25) is 5.02 Å². The van der Waals surface area contributed by atoms with Gasteiger partial charge in [0.1, 0.15) is 6.42 Å². The molecule has 4 nitrogen and oxygen atoms in total. The molecule has 0 aliphatic carbocycles. The third kappa shape index (κ3) is 5.49. The number of anilines is 2. The summed E-state index contributed by atoms with van der Waals surface area (Å²) < 4.78 is 37.4. The normalized spacial score (nSPS) is 11.1. The smallest absolute Gasteiger partial charge is 0.326 e. The van der Waals surface area contributed by atoms with Crippen molar-refractivity contribution in [3.8, 4) is 0 Å². The summed E-state index contributed by atoms with van der Waals surface area (Å²) in [7, 11) is 0. The molecule has 0 fully saturated rings. The van der Waals surface area contributed by atoms with Crippen LogP contribution in [-0.4, -0.2) is 11.8 Å². The van der Waals surface area contributed by atoms with Crippen molar-refractivity contribution in [2.45, 2.75) is 19.5 Å². The fourth-order valence-electron chi connectivity index (χ4n) is 2.06. The summed E-state index contributed by atoms with van der Waals surface area (Å²) in [5, 5.41) is 5.47. The lowest BCUT2D eigenvalue weighted by atomic mass is 10.2. The van der Waals surface area contributed by atoms with Gasteiger partial charge in [-0.15, -0.1) is 0 Å². The molecule has 25 heavy (non-hydrogen) atoms. The minimum atomic E-state index is -4.45. The molecule has 0 unspecified atom stereocenters. The first-order valence-corrected chi connectivity index (χ1v) is 7.56. The van der Waals surface area contributed by atoms with Gasteiger partial charge in [-0.1, -0.05) is 11.6 Å². The summed E-state index contributed by atoms with van der Waals surface area (Å²) in [5.74, 6) is -1.18. The molecule has 0 heterocycles. The second-order valence-electron chi connectivity index (χ2n) is 5.31. The number of carbonyl (C=O) groups is 2. The summed E-state index contributed by atoms with van der Waals surface area (Å²) in [4.78, 5) is 23.7. The summed E-state index contributed by atoms with van der Waals surface area (Å²) in [5.41, 5.74) is 0.621. The Morgan fingerprint density at radius 2 is 1.60 bits per heavy atom. The lowest BCUT2D eigenvalue weighted by Gasteiger charge is -2.10. The Hall–Kier alpha value is -2.54. The van der Waals surface area contributed by atoms with E-state index >= 15 is 0 Å². The number of rotatable bonds is 4. The highest BCUT2D eigenvalue weighted by molar-refractivity contribution is 6.30. The van der Waals surface area contributed by atoms with Crippen LogP contribution in [-0.2, 0) is 15.8 Å². The average Bonchev–Trinajstić information content (AvgIpc) is 2.49. The molecule has 2 N–H and O–H groups in total. The van der Waals surface area contributed by atoms with Gasteiger partial charge in [0.25, 0.3) is 0 Å². The highest BCUT2D eigenvalue weighted by Gasteiger charge is 2.30. The number of hydrogen-bond donors (Lipinski definition) is 2. The van der Waals surface area contributed by atoms with Crippen LogP contribution < -0.4 is 10.6 Å². The number of carbonyl (C=O) groups excluding carboxylic acids is 2. The Morgan fingerprint density at radius 3 is 2.16 bits per heavy atom. The van der Waals surface area contributed by atoms with Crippen molar-refractivity contribution in [1.29, 1.82) is 0 Å². The van der Waals surface area contributed by atoms with Crippen molar-refractivity contribution in [1.82, 2.24) is 0 Å². The van der Waals surface area contributed by atoms with Gasteiger partial charge in [-0.25, -0.2) is 0 Å². The number of halogens is 4. The molecule has 0 radical (unpaired) electrons. The fraction of sp³-hybridized carbons (Fsp3) is 0.176. The molecule has 0 atom stereocenters. The van der Waals surface area contributed by atoms with Gasteiger partial charge in [0.15, 0.2) is 0 Å². The molecule has 0 aliphatic rings. The zero-order valence-electron chi connectivity index (χ0n) is 13.1. The van der Waals surface area contributed by atoms with E-state index in [2.05, 4.69) is 10.6 Å². The van der Waals surface area contributed by atoms with Crippen LogP contribution in [0, 0.1) is 6.92 Å². The summed E-state index contributed by atoms with van der Waals surface area (Å²) in [6.45, 7) is 1.75. The number of amides is 2. The molecule has 0 saturated heterocycles. The maximum atomic E-state index is 12.5. The average molecular weight is 371 g/mol. The van der Waals surface area contributed by atoms with Crippen molar-refractivity contribution in [3.63, 3.8) is 0 Å². The van der Waals surface area contributed by atoms with E-state index < -0.39 is 30.0 Å². The number of aryl methyl sites for hydroxylation is 1. The standard InChI is InChI=1S/C17H14ClF3N2O2/c1-10-8-12(18)4-7-14(10)23-16(25)9-15(24)22-13-5-2-11(3-6-13)17(19,20)21/h2-8H,9H2,1H3,(H,22,24)(H,23,25). The maximum absolute atomic E-state index is 12.5. The minimum Gasteiger partial charge on any atom is -0.326 e. The van der Waals surface area contributed by atoms with E-state index in [1.807, 2.05) is 0 Å². The molecule has 132 valence electrons. The van der Waals surface area contributed by atoms with Crippen molar-refractivity contribution < 1.29 is 22.8 Å². The van der Waals surface area contributed by atoms with Gasteiger partial charge in [0, 0.05) is 16.4 Å². The lowest BCUT2D eigenvalue weighted by molar-refractivity contribution is -0.137.